The summed E-state index contributed by atoms with van der Waals surface area (Å²) in [5.41, 5.74) is 3.70. The van der Waals surface area contributed by atoms with E-state index in [2.05, 4.69) is 39.8 Å². The van der Waals surface area contributed by atoms with Crippen molar-refractivity contribution in [3.05, 3.63) is 29.3 Å². The van der Waals surface area contributed by atoms with Crippen molar-refractivity contribution in [3.8, 4) is 5.75 Å². The molecule has 1 aliphatic rings. The third-order valence-corrected chi connectivity index (χ3v) is 5.87. The molecule has 1 aromatic carbocycles. The van der Waals surface area contributed by atoms with Gasteiger partial charge in [0, 0.05) is 0 Å². The van der Waals surface area contributed by atoms with Crippen LogP contribution in [-0.2, 0) is 12.8 Å². The molecule has 0 atom stereocenters. The van der Waals surface area contributed by atoms with Crippen LogP contribution in [0.15, 0.2) is 18.2 Å². The van der Waals surface area contributed by atoms with Crippen LogP contribution in [0.3, 0.4) is 0 Å². The lowest BCUT2D eigenvalue weighted by atomic mass is 9.89. The largest absolute Gasteiger partial charge is 0.508 e. The van der Waals surface area contributed by atoms with E-state index in [1.54, 1.807) is 0 Å². The molecule has 0 aliphatic heterocycles. The minimum absolute atomic E-state index is 0.461. The molecule has 1 aliphatic carbocycles. The fourth-order valence-electron chi connectivity index (χ4n) is 3.66. The first-order valence-electron chi connectivity index (χ1n) is 10.6. The summed E-state index contributed by atoms with van der Waals surface area (Å²) in [6, 6.07) is 6.27. The molecule has 1 fully saturated rings. The molecule has 1 saturated carbocycles. The highest BCUT2D eigenvalue weighted by atomic mass is 16.3. The fraction of sp³-hybridized carbons (Fsp3) is 0.750. The third-order valence-electron chi connectivity index (χ3n) is 5.87. The Labute approximate surface area is 156 Å². The third kappa shape index (κ3) is 8.29. The number of hydrogen-bond acceptors (Lipinski definition) is 1. The summed E-state index contributed by atoms with van der Waals surface area (Å²) in [5.74, 6) is 0.491. The summed E-state index contributed by atoms with van der Waals surface area (Å²) in [4.78, 5) is 0. The quantitative estimate of drug-likeness (QED) is 0.413. The maximum absolute atomic E-state index is 10.1. The highest BCUT2D eigenvalue weighted by Crippen LogP contribution is 2.49. The molecule has 1 nitrogen and oxygen atoms in total. The highest BCUT2D eigenvalue weighted by Gasteiger charge is 2.35. The van der Waals surface area contributed by atoms with Gasteiger partial charge in [0.25, 0.3) is 0 Å². The molecule has 0 spiro atoms. The molecule has 0 unspecified atom stereocenters. The van der Waals surface area contributed by atoms with Crippen LogP contribution < -0.4 is 0 Å². The number of unbranched alkanes of at least 4 members (excludes halogenated alkanes) is 4. The molecular formula is C24H40O. The normalized spacial score (nSPS) is 16.2. The molecular weight excluding hydrogens is 304 g/mol. The second-order valence-electron chi connectivity index (χ2n) is 9.96. The smallest absolute Gasteiger partial charge is 0.118 e. The van der Waals surface area contributed by atoms with Gasteiger partial charge in [-0.25, -0.2) is 0 Å². The Hall–Kier alpha value is -0.980. The first-order valence-corrected chi connectivity index (χ1v) is 10.6. The molecule has 0 bridgehead atoms. The second kappa shape index (κ2) is 9.10. The summed E-state index contributed by atoms with van der Waals surface area (Å²) in [7, 11) is 0. The van der Waals surface area contributed by atoms with Crippen molar-refractivity contribution in [1.29, 1.82) is 0 Å². The molecule has 0 saturated heterocycles. The summed E-state index contributed by atoms with van der Waals surface area (Å²) in [6.07, 6.45) is 15.5. The fourth-order valence-corrected chi connectivity index (χ4v) is 3.66. The summed E-state index contributed by atoms with van der Waals surface area (Å²) in [6.45, 7) is 9.39. The minimum Gasteiger partial charge on any atom is -0.508 e. The molecule has 1 aromatic rings. The van der Waals surface area contributed by atoms with Crippen LogP contribution >= 0.6 is 0 Å². The van der Waals surface area contributed by atoms with E-state index in [4.69, 9.17) is 0 Å². The summed E-state index contributed by atoms with van der Waals surface area (Å²) >= 11 is 0. The van der Waals surface area contributed by atoms with Gasteiger partial charge in [0.15, 0.2) is 0 Å². The Morgan fingerprint density at radius 3 is 2.28 bits per heavy atom. The van der Waals surface area contributed by atoms with E-state index in [9.17, 15) is 5.11 Å². The number of rotatable bonds is 11. The number of phenolic OH excluding ortho intramolecular Hbond substituents is 1. The van der Waals surface area contributed by atoms with Crippen molar-refractivity contribution in [2.75, 3.05) is 0 Å². The molecule has 142 valence electrons. The topological polar surface area (TPSA) is 20.2 Å². The van der Waals surface area contributed by atoms with Gasteiger partial charge in [0.1, 0.15) is 5.75 Å². The van der Waals surface area contributed by atoms with E-state index in [0.29, 0.717) is 16.6 Å². The zero-order valence-corrected chi connectivity index (χ0v) is 17.2. The minimum atomic E-state index is 0.461. The zero-order valence-electron chi connectivity index (χ0n) is 17.2. The van der Waals surface area contributed by atoms with Crippen LogP contribution in [0.4, 0.5) is 0 Å². The van der Waals surface area contributed by atoms with Crippen molar-refractivity contribution >= 4 is 0 Å². The lowest BCUT2D eigenvalue weighted by molar-refractivity contribution is 0.358. The van der Waals surface area contributed by atoms with Gasteiger partial charge in [0.05, 0.1) is 0 Å². The average Bonchev–Trinajstić information content (AvgIpc) is 3.26. The van der Waals surface area contributed by atoms with Crippen molar-refractivity contribution in [3.63, 3.8) is 0 Å². The van der Waals surface area contributed by atoms with Gasteiger partial charge in [-0.1, -0.05) is 65.5 Å². The average molecular weight is 345 g/mol. The lowest BCUT2D eigenvalue weighted by Crippen LogP contribution is -2.04. The molecule has 1 N–H and O–H groups in total. The number of hydrogen-bond donors (Lipinski definition) is 1. The second-order valence-corrected chi connectivity index (χ2v) is 9.96. The van der Waals surface area contributed by atoms with Gasteiger partial charge in [0.2, 0.25) is 0 Å². The van der Waals surface area contributed by atoms with Gasteiger partial charge in [-0.05, 0) is 79.4 Å². The maximum Gasteiger partial charge on any atom is 0.118 e. The SMILES string of the molecule is CC(C)(C)CCCCCc1ccc(O)c(CCCCCC2(C)CC2)c1. The van der Waals surface area contributed by atoms with Crippen molar-refractivity contribution < 1.29 is 5.11 Å². The van der Waals surface area contributed by atoms with Crippen molar-refractivity contribution in [1.82, 2.24) is 0 Å². The Morgan fingerprint density at radius 1 is 0.920 bits per heavy atom. The lowest BCUT2D eigenvalue weighted by Gasteiger charge is -2.17. The Bertz CT molecular complexity index is 519. The van der Waals surface area contributed by atoms with E-state index >= 15 is 0 Å². The van der Waals surface area contributed by atoms with Crippen molar-refractivity contribution in [2.24, 2.45) is 10.8 Å². The highest BCUT2D eigenvalue weighted by molar-refractivity contribution is 5.36. The molecule has 0 radical (unpaired) electrons. The Balaban J connectivity index is 1.66. The van der Waals surface area contributed by atoms with Crippen LogP contribution in [0.2, 0.25) is 0 Å². The monoisotopic (exact) mass is 344 g/mol. The first kappa shape index (κ1) is 20.3. The summed E-state index contributed by atoms with van der Waals surface area (Å²) in [5, 5.41) is 10.1. The zero-order chi connectivity index (χ0) is 18.3. The number of aryl methyl sites for hydroxylation is 2. The van der Waals surface area contributed by atoms with Gasteiger partial charge in [-0.3, -0.25) is 0 Å². The number of phenols is 1. The summed E-state index contributed by atoms with van der Waals surface area (Å²) < 4.78 is 0. The van der Waals surface area contributed by atoms with Crippen molar-refractivity contribution in [2.45, 2.75) is 105 Å². The van der Waals surface area contributed by atoms with E-state index in [0.717, 1.165) is 18.4 Å². The Kier molecular flexibility index (Phi) is 7.40. The molecule has 0 aromatic heterocycles. The van der Waals surface area contributed by atoms with Crippen LogP contribution in [-0.4, -0.2) is 5.11 Å². The Morgan fingerprint density at radius 2 is 1.60 bits per heavy atom. The van der Waals surface area contributed by atoms with E-state index in [1.165, 1.54) is 69.8 Å². The first-order chi connectivity index (χ1) is 11.8. The van der Waals surface area contributed by atoms with Gasteiger partial charge >= 0.3 is 0 Å². The standard InChI is InChI=1S/C24H40O/c1-23(2,3)15-9-5-7-11-20-13-14-22(25)21(19-20)12-8-6-10-16-24(4)17-18-24/h13-14,19,25H,5-12,15-18H2,1-4H3. The number of aromatic hydroxyl groups is 1. The molecule has 2 rings (SSSR count). The van der Waals surface area contributed by atoms with E-state index in [-0.39, 0.29) is 0 Å². The van der Waals surface area contributed by atoms with Gasteiger partial charge in [-0.2, -0.15) is 0 Å². The molecule has 0 heterocycles. The molecule has 25 heavy (non-hydrogen) atoms. The van der Waals surface area contributed by atoms with Gasteiger partial charge in [-0.15, -0.1) is 0 Å². The molecule has 1 heteroatoms. The number of benzene rings is 1. The van der Waals surface area contributed by atoms with Crippen LogP contribution in [0.25, 0.3) is 0 Å². The predicted octanol–water partition coefficient (Wildman–Crippen LogP) is 7.44. The van der Waals surface area contributed by atoms with Crippen LogP contribution in [0, 0.1) is 10.8 Å². The molecule has 0 amide bonds. The van der Waals surface area contributed by atoms with E-state index < -0.39 is 0 Å². The predicted molar refractivity (Wildman–Crippen MR) is 109 cm³/mol. The van der Waals surface area contributed by atoms with Crippen LogP contribution in [0.5, 0.6) is 5.75 Å². The van der Waals surface area contributed by atoms with E-state index in [1.807, 2.05) is 6.07 Å². The maximum atomic E-state index is 10.1. The van der Waals surface area contributed by atoms with Crippen LogP contribution in [0.1, 0.15) is 103 Å². The van der Waals surface area contributed by atoms with Gasteiger partial charge < -0.3 is 5.11 Å².